The summed E-state index contributed by atoms with van der Waals surface area (Å²) in [5.74, 6) is 0.357. The van der Waals surface area contributed by atoms with Crippen LogP contribution in [0.4, 0.5) is 10.8 Å². The first-order valence-corrected chi connectivity index (χ1v) is 11.1. The fourth-order valence-corrected chi connectivity index (χ4v) is 5.53. The maximum Gasteiger partial charge on any atom is 0.246 e. The second-order valence-corrected chi connectivity index (χ2v) is 9.08. The molecule has 0 bridgehead atoms. The molecule has 30 heavy (non-hydrogen) atoms. The Kier molecular flexibility index (Phi) is 5.02. The maximum absolute atomic E-state index is 13.1. The van der Waals surface area contributed by atoms with Crippen molar-refractivity contribution in [3.05, 3.63) is 72.7 Å². The SMILES string of the molecule is O=C(CN1C(=O)CC(c2ccco2)Sc2ccccc21)Nc1nc2ccccc2s1. The number of benzene rings is 2. The molecule has 2 aromatic heterocycles. The first-order valence-electron chi connectivity index (χ1n) is 9.42. The Morgan fingerprint density at radius 3 is 2.80 bits per heavy atom. The quantitative estimate of drug-likeness (QED) is 0.483. The van der Waals surface area contributed by atoms with Crippen LogP contribution in [0.1, 0.15) is 17.4 Å². The summed E-state index contributed by atoms with van der Waals surface area (Å²) in [6, 6.07) is 19.1. The molecule has 0 radical (unpaired) electrons. The number of furan rings is 1. The van der Waals surface area contributed by atoms with E-state index in [0.29, 0.717) is 5.13 Å². The summed E-state index contributed by atoms with van der Waals surface area (Å²) in [6.07, 6.45) is 1.86. The van der Waals surface area contributed by atoms with Crippen molar-refractivity contribution >= 4 is 55.9 Å². The van der Waals surface area contributed by atoms with E-state index in [1.54, 1.807) is 22.9 Å². The van der Waals surface area contributed by atoms with E-state index in [4.69, 9.17) is 4.42 Å². The number of aromatic nitrogens is 1. The molecule has 1 N–H and O–H groups in total. The van der Waals surface area contributed by atoms with Gasteiger partial charge in [-0.15, -0.1) is 11.8 Å². The fourth-order valence-electron chi connectivity index (χ4n) is 3.41. The smallest absolute Gasteiger partial charge is 0.246 e. The molecule has 150 valence electrons. The summed E-state index contributed by atoms with van der Waals surface area (Å²) in [4.78, 5) is 32.8. The van der Waals surface area contributed by atoms with Crippen LogP contribution in [-0.2, 0) is 9.59 Å². The second kappa shape index (κ2) is 7.97. The van der Waals surface area contributed by atoms with Crippen LogP contribution in [0.2, 0.25) is 0 Å². The Morgan fingerprint density at radius 2 is 1.97 bits per heavy atom. The van der Waals surface area contributed by atoms with Gasteiger partial charge in [0.05, 0.1) is 27.4 Å². The van der Waals surface area contributed by atoms with Gasteiger partial charge in [0.25, 0.3) is 0 Å². The van der Waals surface area contributed by atoms with Gasteiger partial charge in [0.1, 0.15) is 12.3 Å². The summed E-state index contributed by atoms with van der Waals surface area (Å²) in [5, 5.41) is 3.23. The lowest BCUT2D eigenvalue weighted by Crippen LogP contribution is -2.38. The zero-order valence-electron chi connectivity index (χ0n) is 15.8. The predicted octanol–water partition coefficient (Wildman–Crippen LogP) is 5.10. The van der Waals surface area contributed by atoms with Crippen molar-refractivity contribution in [2.45, 2.75) is 16.6 Å². The highest BCUT2D eigenvalue weighted by atomic mass is 32.2. The number of nitrogens with zero attached hydrogens (tertiary/aromatic N) is 2. The number of fused-ring (bicyclic) bond motifs is 2. The highest BCUT2D eigenvalue weighted by Crippen LogP contribution is 2.45. The van der Waals surface area contributed by atoms with Gasteiger partial charge in [-0.05, 0) is 36.4 Å². The third-order valence-electron chi connectivity index (χ3n) is 4.79. The molecule has 8 heteroatoms. The van der Waals surface area contributed by atoms with E-state index in [2.05, 4.69) is 10.3 Å². The lowest BCUT2D eigenvalue weighted by molar-refractivity contribution is -0.121. The van der Waals surface area contributed by atoms with Gasteiger partial charge in [-0.1, -0.05) is 35.6 Å². The standard InChI is InChI=1S/C22H17N3O3S2/c26-20(24-22-23-14-6-1-3-9-17(14)30-22)13-25-15-7-2-4-10-18(15)29-19(12-21(25)27)16-8-5-11-28-16/h1-11,19H,12-13H2,(H,23,24,26). The van der Waals surface area contributed by atoms with Gasteiger partial charge < -0.3 is 14.6 Å². The topological polar surface area (TPSA) is 75.4 Å². The zero-order valence-corrected chi connectivity index (χ0v) is 17.4. The van der Waals surface area contributed by atoms with Gasteiger partial charge in [0.15, 0.2) is 5.13 Å². The lowest BCUT2D eigenvalue weighted by Gasteiger charge is -2.21. The van der Waals surface area contributed by atoms with Gasteiger partial charge in [-0.3, -0.25) is 9.59 Å². The molecule has 6 nitrogen and oxygen atoms in total. The van der Waals surface area contributed by atoms with E-state index in [-0.39, 0.29) is 30.0 Å². The molecule has 1 aliphatic heterocycles. The van der Waals surface area contributed by atoms with Gasteiger partial charge in [-0.2, -0.15) is 0 Å². The Labute approximate surface area is 180 Å². The number of amides is 2. The largest absolute Gasteiger partial charge is 0.468 e. The molecule has 1 unspecified atom stereocenters. The van der Waals surface area contributed by atoms with Crippen molar-refractivity contribution in [2.24, 2.45) is 0 Å². The van der Waals surface area contributed by atoms with E-state index in [9.17, 15) is 9.59 Å². The monoisotopic (exact) mass is 435 g/mol. The average Bonchev–Trinajstić information content (AvgIpc) is 3.39. The minimum absolute atomic E-state index is 0.0722. The lowest BCUT2D eigenvalue weighted by atomic mass is 10.2. The molecule has 3 heterocycles. The van der Waals surface area contributed by atoms with E-state index < -0.39 is 0 Å². The van der Waals surface area contributed by atoms with Crippen LogP contribution >= 0.6 is 23.1 Å². The Bertz CT molecular complexity index is 1190. The molecule has 1 aliphatic rings. The van der Waals surface area contributed by atoms with Crippen molar-refractivity contribution in [1.82, 2.24) is 4.98 Å². The minimum Gasteiger partial charge on any atom is -0.468 e. The van der Waals surface area contributed by atoms with E-state index in [1.807, 2.05) is 60.7 Å². The van der Waals surface area contributed by atoms with E-state index >= 15 is 0 Å². The normalized spacial score (nSPS) is 16.3. The minimum atomic E-state index is -0.279. The first kappa shape index (κ1) is 18.9. The van der Waals surface area contributed by atoms with E-state index in [1.165, 1.54) is 11.3 Å². The molecule has 5 rings (SSSR count). The zero-order chi connectivity index (χ0) is 20.5. The fraction of sp³-hybridized carbons (Fsp3) is 0.136. The molecule has 2 aromatic carbocycles. The van der Waals surface area contributed by atoms with Crippen LogP contribution in [0.5, 0.6) is 0 Å². The summed E-state index contributed by atoms with van der Waals surface area (Å²) < 4.78 is 6.54. The first-order chi connectivity index (χ1) is 14.7. The second-order valence-electron chi connectivity index (χ2n) is 6.81. The van der Waals surface area contributed by atoms with Crippen LogP contribution in [0.3, 0.4) is 0 Å². The molecule has 4 aromatic rings. The Hall–Kier alpha value is -3.10. The average molecular weight is 436 g/mol. The number of para-hydroxylation sites is 2. The number of carbonyl (C=O) groups excluding carboxylic acids is 2. The van der Waals surface area contributed by atoms with Crippen molar-refractivity contribution in [1.29, 1.82) is 0 Å². The molecule has 0 spiro atoms. The van der Waals surface area contributed by atoms with Crippen LogP contribution in [0, 0.1) is 0 Å². The highest BCUT2D eigenvalue weighted by molar-refractivity contribution is 7.99. The molecular formula is C22H17N3O3S2. The summed E-state index contributed by atoms with van der Waals surface area (Å²) in [6.45, 7) is -0.0722. The molecule has 0 fully saturated rings. The van der Waals surface area contributed by atoms with E-state index in [0.717, 1.165) is 26.6 Å². The maximum atomic E-state index is 13.1. The Balaban J connectivity index is 1.39. The van der Waals surface area contributed by atoms with Gasteiger partial charge in [0, 0.05) is 11.3 Å². The third kappa shape index (κ3) is 3.71. The number of hydrogen-bond acceptors (Lipinski definition) is 6. The number of hydrogen-bond donors (Lipinski definition) is 1. The molecule has 1 atom stereocenters. The molecule has 0 aliphatic carbocycles. The predicted molar refractivity (Wildman–Crippen MR) is 119 cm³/mol. The molecule has 0 saturated carbocycles. The van der Waals surface area contributed by atoms with Gasteiger partial charge in [-0.25, -0.2) is 4.98 Å². The van der Waals surface area contributed by atoms with Crippen LogP contribution < -0.4 is 10.2 Å². The number of thioether (sulfide) groups is 1. The molecule has 0 saturated heterocycles. The van der Waals surface area contributed by atoms with Crippen molar-refractivity contribution in [3.8, 4) is 0 Å². The van der Waals surface area contributed by atoms with Gasteiger partial charge >= 0.3 is 0 Å². The number of nitrogens with one attached hydrogen (secondary N) is 1. The summed E-state index contributed by atoms with van der Waals surface area (Å²) in [5.41, 5.74) is 1.58. The summed E-state index contributed by atoms with van der Waals surface area (Å²) in [7, 11) is 0. The highest BCUT2D eigenvalue weighted by Gasteiger charge is 2.31. The number of carbonyl (C=O) groups is 2. The number of anilines is 2. The molecule has 2 amide bonds. The van der Waals surface area contributed by atoms with Gasteiger partial charge in [0.2, 0.25) is 11.8 Å². The third-order valence-corrected chi connectivity index (χ3v) is 7.02. The Morgan fingerprint density at radius 1 is 1.13 bits per heavy atom. The molecular weight excluding hydrogens is 418 g/mol. The van der Waals surface area contributed by atoms with Crippen LogP contribution in [0.15, 0.2) is 76.2 Å². The van der Waals surface area contributed by atoms with Crippen LogP contribution in [-0.4, -0.2) is 23.3 Å². The number of rotatable bonds is 4. The van der Waals surface area contributed by atoms with Crippen molar-refractivity contribution in [3.63, 3.8) is 0 Å². The summed E-state index contributed by atoms with van der Waals surface area (Å²) >= 11 is 2.99. The van der Waals surface area contributed by atoms with Crippen molar-refractivity contribution in [2.75, 3.05) is 16.8 Å². The van der Waals surface area contributed by atoms with Crippen molar-refractivity contribution < 1.29 is 14.0 Å². The van der Waals surface area contributed by atoms with Crippen LogP contribution in [0.25, 0.3) is 10.2 Å². The number of thiazole rings is 1.